The molecule has 0 aliphatic carbocycles. The van der Waals surface area contributed by atoms with E-state index in [4.69, 9.17) is 4.74 Å². The highest BCUT2D eigenvalue weighted by atomic mass is 16.6. The van der Waals surface area contributed by atoms with E-state index in [0.29, 0.717) is 12.2 Å². The van der Waals surface area contributed by atoms with Crippen molar-refractivity contribution in [3.8, 4) is 5.75 Å². The fourth-order valence-corrected chi connectivity index (χ4v) is 2.21. The van der Waals surface area contributed by atoms with Crippen LogP contribution in [0.3, 0.4) is 0 Å². The summed E-state index contributed by atoms with van der Waals surface area (Å²) in [5, 5.41) is 16.6. The van der Waals surface area contributed by atoms with Crippen molar-refractivity contribution in [2.45, 2.75) is 12.8 Å². The number of carbonyl (C=O) groups is 1. The first-order chi connectivity index (χ1) is 9.61. The number of benzene rings is 1. The van der Waals surface area contributed by atoms with E-state index in [-0.39, 0.29) is 23.3 Å². The predicted molar refractivity (Wildman–Crippen MR) is 73.9 cm³/mol. The number of non-ortho nitro benzene ring substituents is 1. The standard InChI is InChI=1S/C13H17N3O4/c1-20-12-7-10(16(18)19)4-5-11(12)15-13(17)9-3-2-6-14-8-9/h4-5,7,9,14H,2-3,6,8H2,1H3,(H,15,17)/t9-/m1/s1. The Morgan fingerprint density at radius 3 is 2.95 bits per heavy atom. The maximum atomic E-state index is 12.1. The van der Waals surface area contributed by atoms with Crippen molar-refractivity contribution in [3.63, 3.8) is 0 Å². The van der Waals surface area contributed by atoms with Gasteiger partial charge in [0.25, 0.3) is 5.69 Å². The molecule has 0 radical (unpaired) electrons. The van der Waals surface area contributed by atoms with Gasteiger partial charge in [-0.05, 0) is 25.5 Å². The van der Waals surface area contributed by atoms with Gasteiger partial charge in [0.2, 0.25) is 5.91 Å². The molecule has 108 valence electrons. The molecule has 1 aliphatic heterocycles. The number of hydrogen-bond acceptors (Lipinski definition) is 5. The molecular weight excluding hydrogens is 262 g/mol. The molecule has 0 saturated carbocycles. The van der Waals surface area contributed by atoms with E-state index in [1.54, 1.807) is 0 Å². The number of rotatable bonds is 4. The van der Waals surface area contributed by atoms with Gasteiger partial charge in [-0.2, -0.15) is 0 Å². The van der Waals surface area contributed by atoms with Gasteiger partial charge in [0.15, 0.2) is 0 Å². The second-order valence-electron chi connectivity index (χ2n) is 4.67. The van der Waals surface area contributed by atoms with Gasteiger partial charge >= 0.3 is 0 Å². The van der Waals surface area contributed by atoms with Crippen LogP contribution in [0, 0.1) is 16.0 Å². The number of methoxy groups -OCH3 is 1. The SMILES string of the molecule is COc1cc([N+](=O)[O-])ccc1NC(=O)[C@@H]1CCCNC1. The number of nitrogens with one attached hydrogen (secondary N) is 2. The lowest BCUT2D eigenvalue weighted by atomic mass is 9.99. The maximum absolute atomic E-state index is 12.1. The van der Waals surface area contributed by atoms with E-state index >= 15 is 0 Å². The van der Waals surface area contributed by atoms with Gasteiger partial charge in [0.05, 0.1) is 29.7 Å². The van der Waals surface area contributed by atoms with Crippen LogP contribution in [-0.2, 0) is 4.79 Å². The van der Waals surface area contributed by atoms with Gasteiger partial charge in [-0.3, -0.25) is 14.9 Å². The predicted octanol–water partition coefficient (Wildman–Crippen LogP) is 1.54. The minimum absolute atomic E-state index is 0.0702. The second kappa shape index (κ2) is 6.33. The molecule has 2 N–H and O–H groups in total. The van der Waals surface area contributed by atoms with E-state index in [1.165, 1.54) is 25.3 Å². The topological polar surface area (TPSA) is 93.5 Å². The lowest BCUT2D eigenvalue weighted by molar-refractivity contribution is -0.384. The van der Waals surface area contributed by atoms with Gasteiger partial charge in [-0.25, -0.2) is 0 Å². The number of anilines is 1. The minimum atomic E-state index is -0.501. The third kappa shape index (κ3) is 3.24. The average molecular weight is 279 g/mol. The Balaban J connectivity index is 2.11. The summed E-state index contributed by atoms with van der Waals surface area (Å²) in [4.78, 5) is 22.3. The normalized spacial score (nSPS) is 18.4. The highest BCUT2D eigenvalue weighted by molar-refractivity contribution is 5.94. The van der Waals surface area contributed by atoms with Crippen molar-refractivity contribution < 1.29 is 14.5 Å². The highest BCUT2D eigenvalue weighted by Gasteiger charge is 2.22. The molecule has 1 atom stereocenters. The summed E-state index contributed by atoms with van der Waals surface area (Å²) in [7, 11) is 1.41. The third-order valence-corrected chi connectivity index (χ3v) is 3.32. The first kappa shape index (κ1) is 14.3. The molecule has 0 aromatic heterocycles. The number of ether oxygens (including phenoxy) is 1. The van der Waals surface area contributed by atoms with Crippen LogP contribution >= 0.6 is 0 Å². The Labute approximate surface area is 116 Å². The molecule has 1 aliphatic rings. The number of hydrogen-bond donors (Lipinski definition) is 2. The van der Waals surface area contributed by atoms with Crippen LogP contribution in [0.4, 0.5) is 11.4 Å². The minimum Gasteiger partial charge on any atom is -0.494 e. The van der Waals surface area contributed by atoms with Crippen molar-refractivity contribution >= 4 is 17.3 Å². The van der Waals surface area contributed by atoms with Crippen LogP contribution < -0.4 is 15.4 Å². The highest BCUT2D eigenvalue weighted by Crippen LogP contribution is 2.29. The molecule has 0 unspecified atom stereocenters. The summed E-state index contributed by atoms with van der Waals surface area (Å²) in [5.74, 6) is 0.115. The Hall–Kier alpha value is -2.15. The van der Waals surface area contributed by atoms with Crippen molar-refractivity contribution in [1.29, 1.82) is 0 Å². The van der Waals surface area contributed by atoms with Gasteiger partial charge in [0, 0.05) is 12.6 Å². The summed E-state index contributed by atoms with van der Waals surface area (Å²) in [6.45, 7) is 1.59. The molecule has 1 amide bonds. The summed E-state index contributed by atoms with van der Waals surface area (Å²) in [5.41, 5.74) is 0.382. The van der Waals surface area contributed by atoms with Crippen molar-refractivity contribution in [2.75, 3.05) is 25.5 Å². The lowest BCUT2D eigenvalue weighted by Gasteiger charge is -2.22. The second-order valence-corrected chi connectivity index (χ2v) is 4.67. The number of nitro benzene ring substituents is 1. The quantitative estimate of drug-likeness (QED) is 0.644. The zero-order chi connectivity index (χ0) is 14.5. The molecule has 1 aromatic rings. The van der Waals surface area contributed by atoms with Crippen LogP contribution in [0.5, 0.6) is 5.75 Å². The molecule has 1 aromatic carbocycles. The van der Waals surface area contributed by atoms with Crippen LogP contribution in [-0.4, -0.2) is 31.0 Å². The number of carbonyl (C=O) groups excluding carboxylic acids is 1. The Morgan fingerprint density at radius 1 is 1.55 bits per heavy atom. The molecule has 2 rings (SSSR count). The van der Waals surface area contributed by atoms with Crippen molar-refractivity contribution in [1.82, 2.24) is 5.32 Å². The van der Waals surface area contributed by atoms with Crippen molar-refractivity contribution in [2.24, 2.45) is 5.92 Å². The van der Waals surface area contributed by atoms with Crippen molar-refractivity contribution in [3.05, 3.63) is 28.3 Å². The molecule has 7 nitrogen and oxygen atoms in total. The molecule has 1 fully saturated rings. The Bertz CT molecular complexity index is 512. The van der Waals surface area contributed by atoms with E-state index < -0.39 is 4.92 Å². The number of nitro groups is 1. The fourth-order valence-electron chi connectivity index (χ4n) is 2.21. The third-order valence-electron chi connectivity index (χ3n) is 3.32. The van der Waals surface area contributed by atoms with E-state index in [9.17, 15) is 14.9 Å². The van der Waals surface area contributed by atoms with E-state index in [1.807, 2.05) is 0 Å². The van der Waals surface area contributed by atoms with E-state index in [2.05, 4.69) is 10.6 Å². The molecule has 20 heavy (non-hydrogen) atoms. The number of amides is 1. The number of nitrogens with zero attached hydrogens (tertiary/aromatic N) is 1. The molecular formula is C13H17N3O4. The molecule has 1 heterocycles. The van der Waals surface area contributed by atoms with Crippen LogP contribution in [0.15, 0.2) is 18.2 Å². The first-order valence-electron chi connectivity index (χ1n) is 6.46. The van der Waals surface area contributed by atoms with Gasteiger partial charge in [-0.1, -0.05) is 0 Å². The van der Waals surface area contributed by atoms with Crippen LogP contribution in [0.2, 0.25) is 0 Å². The number of piperidine rings is 1. The summed E-state index contributed by atoms with van der Waals surface area (Å²) < 4.78 is 5.09. The average Bonchev–Trinajstić information content (AvgIpc) is 2.48. The summed E-state index contributed by atoms with van der Waals surface area (Å²) >= 11 is 0. The zero-order valence-electron chi connectivity index (χ0n) is 11.2. The summed E-state index contributed by atoms with van der Waals surface area (Å²) in [6.07, 6.45) is 1.81. The Morgan fingerprint density at radius 2 is 2.35 bits per heavy atom. The summed E-state index contributed by atoms with van der Waals surface area (Å²) in [6, 6.07) is 4.14. The van der Waals surface area contributed by atoms with Crippen LogP contribution in [0.1, 0.15) is 12.8 Å². The molecule has 7 heteroatoms. The first-order valence-corrected chi connectivity index (χ1v) is 6.46. The molecule has 0 bridgehead atoms. The van der Waals surface area contributed by atoms with Crippen LogP contribution in [0.25, 0.3) is 0 Å². The molecule has 1 saturated heterocycles. The van der Waals surface area contributed by atoms with Gasteiger partial charge in [-0.15, -0.1) is 0 Å². The maximum Gasteiger partial charge on any atom is 0.273 e. The zero-order valence-corrected chi connectivity index (χ0v) is 11.2. The lowest BCUT2D eigenvalue weighted by Crippen LogP contribution is -2.37. The van der Waals surface area contributed by atoms with E-state index in [0.717, 1.165) is 19.4 Å². The van der Waals surface area contributed by atoms with Gasteiger partial charge < -0.3 is 15.4 Å². The smallest absolute Gasteiger partial charge is 0.273 e. The Kier molecular flexibility index (Phi) is 4.52. The largest absolute Gasteiger partial charge is 0.494 e. The molecule has 0 spiro atoms. The fraction of sp³-hybridized carbons (Fsp3) is 0.462. The monoisotopic (exact) mass is 279 g/mol. The van der Waals surface area contributed by atoms with Gasteiger partial charge in [0.1, 0.15) is 5.75 Å².